The van der Waals surface area contributed by atoms with E-state index >= 15 is 0 Å². The van der Waals surface area contributed by atoms with Crippen LogP contribution in [0.2, 0.25) is 0 Å². The fourth-order valence-corrected chi connectivity index (χ4v) is 3.35. The van der Waals surface area contributed by atoms with Gasteiger partial charge < -0.3 is 15.4 Å². The monoisotopic (exact) mass is 290 g/mol. The van der Waals surface area contributed by atoms with Crippen LogP contribution in [0.4, 0.5) is 0 Å². The molecule has 0 saturated carbocycles. The number of aryl methyl sites for hydroxylation is 1. The molecule has 3 rings (SSSR count). The van der Waals surface area contributed by atoms with Crippen molar-refractivity contribution in [1.29, 1.82) is 0 Å². The molecule has 1 saturated heterocycles. The number of nitrogens with one attached hydrogen (secondary N) is 2. The summed E-state index contributed by atoms with van der Waals surface area (Å²) in [5.74, 6) is 0. The topological polar surface area (TPSA) is 33.3 Å². The molecule has 0 spiro atoms. The van der Waals surface area contributed by atoms with Gasteiger partial charge in [-0.15, -0.1) is 0 Å². The van der Waals surface area contributed by atoms with Crippen molar-refractivity contribution in [3.8, 4) is 0 Å². The maximum Gasteiger partial charge on any atom is 0.166 e. The van der Waals surface area contributed by atoms with E-state index in [0.717, 1.165) is 31.1 Å². The molecule has 1 aromatic carbocycles. The van der Waals surface area contributed by atoms with Gasteiger partial charge in [0.2, 0.25) is 0 Å². The molecule has 2 atom stereocenters. The lowest BCUT2D eigenvalue weighted by molar-refractivity contribution is 0.114. The van der Waals surface area contributed by atoms with Crippen LogP contribution in [0, 0.1) is 0 Å². The molecular formula is C16H22N2OS. The fraction of sp³-hybridized carbons (Fsp3) is 0.562. The Labute approximate surface area is 126 Å². The zero-order valence-electron chi connectivity index (χ0n) is 11.7. The van der Waals surface area contributed by atoms with Crippen LogP contribution in [0.25, 0.3) is 0 Å². The molecule has 1 aromatic rings. The minimum absolute atomic E-state index is 0.327. The lowest BCUT2D eigenvalue weighted by atomic mass is 9.88. The first-order valence-corrected chi connectivity index (χ1v) is 7.97. The average molecular weight is 290 g/mol. The fourth-order valence-electron chi connectivity index (χ4n) is 3.13. The number of fused-ring (bicyclic) bond motifs is 1. The predicted octanol–water partition coefficient (Wildman–Crippen LogP) is 2.71. The van der Waals surface area contributed by atoms with Gasteiger partial charge in [-0.25, -0.2) is 0 Å². The highest BCUT2D eigenvalue weighted by molar-refractivity contribution is 7.80. The summed E-state index contributed by atoms with van der Waals surface area (Å²) < 4.78 is 5.60. The summed E-state index contributed by atoms with van der Waals surface area (Å²) in [7, 11) is 0. The molecule has 108 valence electrons. The first-order chi connectivity index (χ1) is 9.83. The minimum atomic E-state index is 0.327. The third kappa shape index (κ3) is 3.30. The van der Waals surface area contributed by atoms with Crippen molar-refractivity contribution in [3.05, 3.63) is 35.4 Å². The zero-order valence-corrected chi connectivity index (χ0v) is 12.5. The highest BCUT2D eigenvalue weighted by Crippen LogP contribution is 2.29. The molecule has 4 heteroatoms. The van der Waals surface area contributed by atoms with Crippen LogP contribution in [0.3, 0.4) is 0 Å². The largest absolute Gasteiger partial charge is 0.376 e. The molecule has 0 bridgehead atoms. The molecule has 0 radical (unpaired) electrons. The highest BCUT2D eigenvalue weighted by Gasteiger charge is 2.21. The second-order valence-electron chi connectivity index (χ2n) is 5.63. The van der Waals surface area contributed by atoms with Gasteiger partial charge in [-0.3, -0.25) is 0 Å². The van der Waals surface area contributed by atoms with Crippen LogP contribution < -0.4 is 10.6 Å². The van der Waals surface area contributed by atoms with E-state index in [0.29, 0.717) is 12.1 Å². The van der Waals surface area contributed by atoms with E-state index in [1.165, 1.54) is 30.4 Å². The van der Waals surface area contributed by atoms with Crippen molar-refractivity contribution in [2.45, 2.75) is 44.2 Å². The van der Waals surface area contributed by atoms with Crippen LogP contribution >= 0.6 is 12.2 Å². The molecule has 0 aromatic heterocycles. The lowest BCUT2D eigenvalue weighted by Gasteiger charge is -2.27. The summed E-state index contributed by atoms with van der Waals surface area (Å²) in [6, 6.07) is 9.03. The molecule has 2 N–H and O–H groups in total. The van der Waals surface area contributed by atoms with Crippen LogP contribution in [0.1, 0.15) is 42.9 Å². The normalized spacial score (nSPS) is 25.0. The third-order valence-corrected chi connectivity index (χ3v) is 4.45. The van der Waals surface area contributed by atoms with Crippen LogP contribution in [0.5, 0.6) is 0 Å². The van der Waals surface area contributed by atoms with E-state index in [1.807, 2.05) is 0 Å². The first-order valence-electron chi connectivity index (χ1n) is 7.57. The van der Waals surface area contributed by atoms with Gasteiger partial charge in [0.05, 0.1) is 12.1 Å². The van der Waals surface area contributed by atoms with Gasteiger partial charge >= 0.3 is 0 Å². The molecule has 3 nitrogen and oxygen atoms in total. The van der Waals surface area contributed by atoms with E-state index < -0.39 is 0 Å². The Bertz CT molecular complexity index is 471. The second kappa shape index (κ2) is 6.55. The van der Waals surface area contributed by atoms with E-state index in [4.69, 9.17) is 17.0 Å². The maximum atomic E-state index is 5.60. The quantitative estimate of drug-likeness (QED) is 0.839. The predicted molar refractivity (Wildman–Crippen MR) is 84.8 cm³/mol. The van der Waals surface area contributed by atoms with E-state index in [2.05, 4.69) is 34.9 Å². The van der Waals surface area contributed by atoms with Gasteiger partial charge in [0.15, 0.2) is 5.11 Å². The number of ether oxygens (including phenoxy) is 1. The number of benzene rings is 1. The Morgan fingerprint density at radius 1 is 1.25 bits per heavy atom. The Balaban J connectivity index is 1.54. The van der Waals surface area contributed by atoms with Crippen LogP contribution in [-0.4, -0.2) is 24.4 Å². The summed E-state index contributed by atoms with van der Waals surface area (Å²) >= 11 is 5.42. The second-order valence-corrected chi connectivity index (χ2v) is 6.04. The SMILES string of the molecule is S=C(NC[C@H]1CCCO1)N[C@@H]1CCCc2ccccc21. The smallest absolute Gasteiger partial charge is 0.166 e. The van der Waals surface area contributed by atoms with Crippen molar-refractivity contribution >= 4 is 17.3 Å². The summed E-state index contributed by atoms with van der Waals surface area (Å²) in [6.07, 6.45) is 6.20. The summed E-state index contributed by atoms with van der Waals surface area (Å²) in [5, 5.41) is 7.51. The van der Waals surface area contributed by atoms with Crippen LogP contribution in [-0.2, 0) is 11.2 Å². The van der Waals surface area contributed by atoms with Gasteiger partial charge in [0.1, 0.15) is 0 Å². The molecule has 1 heterocycles. The van der Waals surface area contributed by atoms with E-state index in [1.54, 1.807) is 0 Å². The molecule has 0 amide bonds. The Kier molecular flexibility index (Phi) is 4.53. The van der Waals surface area contributed by atoms with Gasteiger partial charge in [-0.1, -0.05) is 24.3 Å². The number of rotatable bonds is 3. The summed E-state index contributed by atoms with van der Waals surface area (Å²) in [5.41, 5.74) is 2.86. The first kappa shape index (κ1) is 13.8. The highest BCUT2D eigenvalue weighted by atomic mass is 32.1. The Morgan fingerprint density at radius 2 is 2.15 bits per heavy atom. The summed E-state index contributed by atoms with van der Waals surface area (Å²) in [4.78, 5) is 0. The minimum Gasteiger partial charge on any atom is -0.376 e. The molecule has 1 aliphatic heterocycles. The van der Waals surface area contributed by atoms with Gasteiger partial charge in [0, 0.05) is 13.2 Å². The number of thiocarbonyl (C=S) groups is 1. The zero-order chi connectivity index (χ0) is 13.8. The number of hydrogen-bond donors (Lipinski definition) is 2. The van der Waals surface area contributed by atoms with Crippen molar-refractivity contribution in [3.63, 3.8) is 0 Å². The number of hydrogen-bond acceptors (Lipinski definition) is 2. The maximum absolute atomic E-state index is 5.60. The van der Waals surface area contributed by atoms with Crippen molar-refractivity contribution in [2.24, 2.45) is 0 Å². The Hall–Kier alpha value is -1.13. The molecular weight excluding hydrogens is 268 g/mol. The standard InChI is InChI=1S/C16H22N2OS/c20-16(17-11-13-7-4-10-19-13)18-15-9-3-6-12-5-1-2-8-14(12)15/h1-2,5,8,13,15H,3-4,6-7,9-11H2,(H2,17,18,20)/t13-,15-/m1/s1. The van der Waals surface area contributed by atoms with E-state index in [-0.39, 0.29) is 0 Å². The molecule has 1 aliphatic carbocycles. The van der Waals surface area contributed by atoms with Gasteiger partial charge in [-0.2, -0.15) is 0 Å². The van der Waals surface area contributed by atoms with Crippen molar-refractivity contribution < 1.29 is 4.74 Å². The molecule has 1 fully saturated rings. The summed E-state index contributed by atoms with van der Waals surface area (Å²) in [6.45, 7) is 1.71. The van der Waals surface area contributed by atoms with Gasteiger partial charge in [-0.05, 0) is 55.4 Å². The van der Waals surface area contributed by atoms with Crippen LogP contribution in [0.15, 0.2) is 24.3 Å². The van der Waals surface area contributed by atoms with Crippen molar-refractivity contribution in [2.75, 3.05) is 13.2 Å². The average Bonchev–Trinajstić information content (AvgIpc) is 2.99. The molecule has 0 unspecified atom stereocenters. The lowest BCUT2D eigenvalue weighted by Crippen LogP contribution is -2.41. The molecule has 20 heavy (non-hydrogen) atoms. The van der Waals surface area contributed by atoms with Crippen molar-refractivity contribution in [1.82, 2.24) is 10.6 Å². The van der Waals surface area contributed by atoms with Gasteiger partial charge in [0.25, 0.3) is 0 Å². The Morgan fingerprint density at radius 3 is 3.00 bits per heavy atom. The third-order valence-electron chi connectivity index (χ3n) is 4.19. The molecule has 2 aliphatic rings. The van der Waals surface area contributed by atoms with E-state index in [9.17, 15) is 0 Å².